The zero-order chi connectivity index (χ0) is 15.8. The molecule has 1 aliphatic heterocycles. The number of halogens is 2. The summed E-state index contributed by atoms with van der Waals surface area (Å²) in [6.07, 6.45) is 0. The van der Waals surface area contributed by atoms with Gasteiger partial charge in [-0.25, -0.2) is 4.39 Å². The number of ether oxygens (including phenoxy) is 1. The number of benzene rings is 1. The van der Waals surface area contributed by atoms with Crippen LogP contribution >= 0.6 is 24.0 Å². The van der Waals surface area contributed by atoms with Gasteiger partial charge in [0.15, 0.2) is 5.96 Å². The molecule has 1 saturated heterocycles. The second-order valence-corrected chi connectivity index (χ2v) is 5.20. The smallest absolute Gasteiger partial charge is 0.191 e. The molecule has 1 aromatic carbocycles. The highest BCUT2D eigenvalue weighted by molar-refractivity contribution is 14.0. The molecule has 0 radical (unpaired) electrons. The SMILES string of the molecule is CCNC(=NC)NCC(c1ccc(F)cc1)N1CCOCC1.I. The number of guanidine groups is 1. The maximum atomic E-state index is 13.2. The van der Waals surface area contributed by atoms with E-state index in [1.165, 1.54) is 12.1 Å². The van der Waals surface area contributed by atoms with Crippen molar-refractivity contribution in [2.24, 2.45) is 4.99 Å². The number of hydrogen-bond acceptors (Lipinski definition) is 3. The second-order valence-electron chi connectivity index (χ2n) is 5.20. The lowest BCUT2D eigenvalue weighted by Gasteiger charge is -2.35. The Labute approximate surface area is 154 Å². The van der Waals surface area contributed by atoms with E-state index in [0.717, 1.165) is 44.4 Å². The average Bonchev–Trinajstić information content (AvgIpc) is 2.56. The van der Waals surface area contributed by atoms with Crippen molar-refractivity contribution in [3.8, 4) is 0 Å². The summed E-state index contributed by atoms with van der Waals surface area (Å²) in [4.78, 5) is 6.56. The van der Waals surface area contributed by atoms with Crippen LogP contribution in [0.25, 0.3) is 0 Å². The molecule has 0 bridgehead atoms. The van der Waals surface area contributed by atoms with Crippen molar-refractivity contribution in [3.05, 3.63) is 35.6 Å². The Hall–Kier alpha value is -0.930. The van der Waals surface area contributed by atoms with Crippen LogP contribution in [0.4, 0.5) is 4.39 Å². The molecule has 0 spiro atoms. The minimum absolute atomic E-state index is 0. The predicted molar refractivity (Wildman–Crippen MR) is 102 cm³/mol. The third-order valence-electron chi connectivity index (χ3n) is 3.77. The van der Waals surface area contributed by atoms with Crippen molar-refractivity contribution >= 4 is 29.9 Å². The summed E-state index contributed by atoms with van der Waals surface area (Å²) in [6.45, 7) is 6.79. The third-order valence-corrected chi connectivity index (χ3v) is 3.77. The van der Waals surface area contributed by atoms with E-state index < -0.39 is 0 Å². The van der Waals surface area contributed by atoms with Crippen molar-refractivity contribution in [2.75, 3.05) is 46.4 Å². The molecule has 5 nitrogen and oxygen atoms in total. The van der Waals surface area contributed by atoms with Gasteiger partial charge in [0.2, 0.25) is 0 Å². The summed E-state index contributed by atoms with van der Waals surface area (Å²) in [7, 11) is 1.76. The van der Waals surface area contributed by atoms with Crippen LogP contribution in [-0.2, 0) is 4.74 Å². The fourth-order valence-corrected chi connectivity index (χ4v) is 2.61. The molecule has 1 heterocycles. The van der Waals surface area contributed by atoms with Crippen LogP contribution in [0.15, 0.2) is 29.3 Å². The Morgan fingerprint density at radius 2 is 1.91 bits per heavy atom. The molecular formula is C16H26FIN4O. The molecule has 130 valence electrons. The van der Waals surface area contributed by atoms with Crippen molar-refractivity contribution in [2.45, 2.75) is 13.0 Å². The van der Waals surface area contributed by atoms with Crippen LogP contribution in [-0.4, -0.2) is 57.3 Å². The highest BCUT2D eigenvalue weighted by Crippen LogP contribution is 2.21. The standard InChI is InChI=1S/C16H25FN4O.HI/c1-3-19-16(18-2)20-12-15(21-8-10-22-11-9-21)13-4-6-14(17)7-5-13;/h4-7,15H,3,8-12H2,1-2H3,(H2,18,19,20);1H. The van der Waals surface area contributed by atoms with Crippen molar-refractivity contribution < 1.29 is 9.13 Å². The number of nitrogens with zero attached hydrogens (tertiary/aromatic N) is 2. The van der Waals surface area contributed by atoms with Crippen LogP contribution < -0.4 is 10.6 Å². The van der Waals surface area contributed by atoms with Gasteiger partial charge in [-0.05, 0) is 24.6 Å². The summed E-state index contributed by atoms with van der Waals surface area (Å²) < 4.78 is 18.6. The Kier molecular flexibility index (Phi) is 9.42. The third kappa shape index (κ3) is 6.23. The molecular weight excluding hydrogens is 410 g/mol. The largest absolute Gasteiger partial charge is 0.379 e. The van der Waals surface area contributed by atoms with Gasteiger partial charge in [0.25, 0.3) is 0 Å². The minimum atomic E-state index is -0.208. The molecule has 1 aromatic rings. The van der Waals surface area contributed by atoms with Gasteiger partial charge in [0, 0.05) is 33.2 Å². The summed E-state index contributed by atoms with van der Waals surface area (Å²) in [5, 5.41) is 6.53. The fraction of sp³-hybridized carbons (Fsp3) is 0.562. The molecule has 1 fully saturated rings. The number of hydrogen-bond donors (Lipinski definition) is 2. The molecule has 1 atom stereocenters. The summed E-state index contributed by atoms with van der Waals surface area (Å²) in [6, 6.07) is 6.91. The van der Waals surface area contributed by atoms with Crippen LogP contribution in [0.2, 0.25) is 0 Å². The number of aliphatic imine (C=N–C) groups is 1. The first kappa shape index (κ1) is 20.1. The van der Waals surface area contributed by atoms with E-state index in [-0.39, 0.29) is 35.8 Å². The quantitative estimate of drug-likeness (QED) is 0.421. The summed E-state index contributed by atoms with van der Waals surface area (Å²) >= 11 is 0. The number of rotatable bonds is 5. The van der Waals surface area contributed by atoms with Crippen LogP contribution in [0, 0.1) is 5.82 Å². The van der Waals surface area contributed by atoms with Gasteiger partial charge in [-0.2, -0.15) is 0 Å². The highest BCUT2D eigenvalue weighted by Gasteiger charge is 2.22. The Balaban J connectivity index is 0.00000264. The fourth-order valence-electron chi connectivity index (χ4n) is 2.61. The average molecular weight is 436 g/mol. The van der Waals surface area contributed by atoms with Crippen LogP contribution in [0.1, 0.15) is 18.5 Å². The Bertz CT molecular complexity index is 477. The van der Waals surface area contributed by atoms with Crippen molar-refractivity contribution in [3.63, 3.8) is 0 Å². The maximum Gasteiger partial charge on any atom is 0.191 e. The van der Waals surface area contributed by atoms with Gasteiger partial charge in [-0.1, -0.05) is 12.1 Å². The van der Waals surface area contributed by atoms with E-state index in [0.29, 0.717) is 6.54 Å². The van der Waals surface area contributed by atoms with Gasteiger partial charge in [0.1, 0.15) is 5.82 Å². The molecule has 0 aliphatic carbocycles. The lowest BCUT2D eigenvalue weighted by molar-refractivity contribution is 0.0170. The van der Waals surface area contributed by atoms with E-state index in [1.807, 2.05) is 19.1 Å². The monoisotopic (exact) mass is 436 g/mol. The van der Waals surface area contributed by atoms with Crippen molar-refractivity contribution in [1.82, 2.24) is 15.5 Å². The normalized spacial score (nSPS) is 17.3. The van der Waals surface area contributed by atoms with Gasteiger partial charge in [-0.3, -0.25) is 9.89 Å². The summed E-state index contributed by atoms with van der Waals surface area (Å²) in [5.74, 6) is 0.573. The van der Waals surface area contributed by atoms with Gasteiger partial charge in [-0.15, -0.1) is 24.0 Å². The first-order valence-electron chi connectivity index (χ1n) is 7.76. The minimum Gasteiger partial charge on any atom is -0.379 e. The summed E-state index contributed by atoms with van der Waals surface area (Å²) in [5.41, 5.74) is 1.10. The zero-order valence-electron chi connectivity index (χ0n) is 13.7. The first-order valence-corrected chi connectivity index (χ1v) is 7.76. The molecule has 2 N–H and O–H groups in total. The van der Waals surface area contributed by atoms with Gasteiger partial charge >= 0.3 is 0 Å². The lowest BCUT2D eigenvalue weighted by atomic mass is 10.0. The highest BCUT2D eigenvalue weighted by atomic mass is 127. The Morgan fingerprint density at radius 1 is 1.26 bits per heavy atom. The van der Waals surface area contributed by atoms with Gasteiger partial charge in [0.05, 0.1) is 19.3 Å². The van der Waals surface area contributed by atoms with E-state index in [2.05, 4.69) is 20.5 Å². The lowest BCUT2D eigenvalue weighted by Crippen LogP contribution is -2.46. The Morgan fingerprint density at radius 3 is 2.48 bits per heavy atom. The van der Waals surface area contributed by atoms with E-state index in [9.17, 15) is 4.39 Å². The van der Waals surface area contributed by atoms with E-state index in [1.54, 1.807) is 7.05 Å². The molecule has 1 unspecified atom stereocenters. The number of morpholine rings is 1. The molecule has 1 aliphatic rings. The first-order chi connectivity index (χ1) is 10.7. The molecule has 0 saturated carbocycles. The molecule has 23 heavy (non-hydrogen) atoms. The maximum absolute atomic E-state index is 13.2. The molecule has 0 amide bonds. The number of nitrogens with one attached hydrogen (secondary N) is 2. The van der Waals surface area contributed by atoms with Crippen LogP contribution in [0.3, 0.4) is 0 Å². The topological polar surface area (TPSA) is 48.9 Å². The molecule has 0 aromatic heterocycles. The van der Waals surface area contributed by atoms with E-state index in [4.69, 9.17) is 4.74 Å². The van der Waals surface area contributed by atoms with Crippen LogP contribution in [0.5, 0.6) is 0 Å². The molecule has 2 rings (SSSR count). The predicted octanol–water partition coefficient (Wildman–Crippen LogP) is 2.00. The van der Waals surface area contributed by atoms with Gasteiger partial charge < -0.3 is 15.4 Å². The van der Waals surface area contributed by atoms with Crippen molar-refractivity contribution in [1.29, 1.82) is 0 Å². The second kappa shape index (κ2) is 10.8. The van der Waals surface area contributed by atoms with E-state index >= 15 is 0 Å². The molecule has 7 heteroatoms. The zero-order valence-corrected chi connectivity index (χ0v) is 16.0.